The van der Waals surface area contributed by atoms with Crippen LogP contribution in [0.5, 0.6) is 0 Å². The summed E-state index contributed by atoms with van der Waals surface area (Å²) >= 11 is 0. The first-order valence-corrected chi connectivity index (χ1v) is 1.04. The molecule has 0 spiro atoms. The van der Waals surface area contributed by atoms with Gasteiger partial charge in [-0.25, -0.2) is 0 Å². The lowest BCUT2D eigenvalue weighted by molar-refractivity contribution is 1.71. The van der Waals surface area contributed by atoms with Crippen LogP contribution in [-0.2, 0) is 0 Å². The van der Waals surface area contributed by atoms with Crippen molar-refractivity contribution in [1.29, 1.82) is 0 Å². The summed E-state index contributed by atoms with van der Waals surface area (Å²) in [5, 5.41) is 0. The van der Waals surface area contributed by atoms with Gasteiger partial charge in [0.05, 0.1) is 0 Å². The molecule has 5 N–H and O–H groups in total. The quantitative estimate of drug-likeness (QED) is 0.314. The van der Waals surface area contributed by atoms with Gasteiger partial charge in [-0.05, 0) is 6.92 Å². The Bertz CT molecular complexity index is 41.6. The van der Waals surface area contributed by atoms with Gasteiger partial charge in [0.15, 0.2) is 0 Å². The summed E-state index contributed by atoms with van der Waals surface area (Å²) in [4.78, 5) is 0. The zero-order valence-electron chi connectivity index (χ0n) is 3.28. The number of hydrogen-bond acceptors (Lipinski definition) is 2. The summed E-state index contributed by atoms with van der Waals surface area (Å²) < 4.78 is 0. The average molecular weight is 72.1 g/mol. The van der Waals surface area contributed by atoms with Gasteiger partial charge in [0.1, 0.15) is 0 Å². The molecule has 0 radical (unpaired) electrons. The van der Waals surface area contributed by atoms with E-state index >= 15 is 0 Å². The molecule has 0 aromatic rings. The maximum atomic E-state index is 4.67. The van der Waals surface area contributed by atoms with E-state index in [1.807, 2.05) is 0 Å². The Balaban J connectivity index is 0. The van der Waals surface area contributed by atoms with Gasteiger partial charge < -0.3 is 11.9 Å². The molecule has 0 bridgehead atoms. The highest BCUT2D eigenvalue weighted by atomic mass is 14.4. The minimum Gasteiger partial charge on any atom is -0.359 e. The number of hydrogen-bond donors (Lipinski definition) is 2. The van der Waals surface area contributed by atoms with E-state index < -0.39 is 0 Å². The van der Waals surface area contributed by atoms with E-state index in [9.17, 15) is 0 Å². The largest absolute Gasteiger partial charge is 0.359 e. The first kappa shape index (κ1) is 8.85. The van der Waals surface area contributed by atoms with Crippen LogP contribution in [0.1, 0.15) is 6.92 Å². The summed E-state index contributed by atoms with van der Waals surface area (Å²) in [6, 6.07) is 2.18. The zero-order chi connectivity index (χ0) is 3.41. The molecule has 5 heavy (non-hydrogen) atoms. The van der Waals surface area contributed by atoms with E-state index in [4.69, 9.17) is 0 Å². The van der Waals surface area contributed by atoms with Gasteiger partial charge in [-0.1, -0.05) is 5.92 Å². The maximum absolute atomic E-state index is 4.67. The highest BCUT2D eigenvalue weighted by Crippen LogP contribution is 1.28. The van der Waals surface area contributed by atoms with Crippen LogP contribution in [0.25, 0.3) is 0 Å². The fourth-order valence-corrected chi connectivity index (χ4v) is 0. The molecule has 0 rings (SSSR count). The Morgan fingerprint density at radius 1 is 1.60 bits per heavy atom. The minimum atomic E-state index is 0. The van der Waals surface area contributed by atoms with Crippen molar-refractivity contribution in [2.75, 3.05) is 0 Å². The van der Waals surface area contributed by atoms with Crippen molar-refractivity contribution in [3.8, 4) is 12.0 Å². The van der Waals surface area contributed by atoms with Crippen molar-refractivity contribution >= 4 is 0 Å². The van der Waals surface area contributed by atoms with Crippen LogP contribution in [0.15, 0.2) is 0 Å². The molecule has 0 fully saturated rings. The Kier molecular flexibility index (Phi) is 18.1. The van der Waals surface area contributed by atoms with Crippen molar-refractivity contribution < 1.29 is 0 Å². The molecule has 0 unspecified atom stereocenters. The van der Waals surface area contributed by atoms with E-state index in [2.05, 4.69) is 17.7 Å². The molecule has 0 aliphatic heterocycles. The van der Waals surface area contributed by atoms with Crippen LogP contribution in [0.4, 0.5) is 0 Å². The van der Waals surface area contributed by atoms with E-state index in [0.29, 0.717) is 0 Å². The van der Waals surface area contributed by atoms with Crippen molar-refractivity contribution in [2.24, 2.45) is 5.73 Å². The molecule has 0 atom stereocenters. The van der Waals surface area contributed by atoms with Gasteiger partial charge in [0, 0.05) is 6.04 Å². The molecule has 0 amide bonds. The molecular formula is C3H8N2. The van der Waals surface area contributed by atoms with Crippen LogP contribution >= 0.6 is 0 Å². The Hall–Kier alpha value is -0.680. The Morgan fingerprint density at radius 2 is 1.80 bits per heavy atom. The van der Waals surface area contributed by atoms with E-state index in [-0.39, 0.29) is 6.15 Å². The number of rotatable bonds is 0. The molecule has 0 aromatic heterocycles. The Morgan fingerprint density at radius 3 is 1.80 bits per heavy atom. The molecule has 2 nitrogen and oxygen atoms in total. The van der Waals surface area contributed by atoms with Crippen molar-refractivity contribution in [3.63, 3.8) is 0 Å². The van der Waals surface area contributed by atoms with Crippen molar-refractivity contribution in [1.82, 2.24) is 6.15 Å². The second-order valence-corrected chi connectivity index (χ2v) is 0.394. The molecule has 0 aliphatic rings. The van der Waals surface area contributed by atoms with Gasteiger partial charge >= 0.3 is 0 Å². The highest BCUT2D eigenvalue weighted by Gasteiger charge is 1.25. The standard InChI is InChI=1S/C3H5N.H3N/c1-2-3-4;/h4H2,1H3;1H3. The lowest BCUT2D eigenvalue weighted by Gasteiger charge is -1.44. The van der Waals surface area contributed by atoms with Gasteiger partial charge in [-0.15, -0.1) is 0 Å². The second-order valence-electron chi connectivity index (χ2n) is 0.394. The van der Waals surface area contributed by atoms with Crippen LogP contribution in [-0.4, -0.2) is 0 Å². The third kappa shape index (κ3) is 56.5. The third-order valence-electron chi connectivity index (χ3n) is 0.144. The monoisotopic (exact) mass is 72.1 g/mol. The molecule has 30 valence electrons. The van der Waals surface area contributed by atoms with Gasteiger partial charge in [-0.3, -0.25) is 0 Å². The van der Waals surface area contributed by atoms with E-state index in [0.717, 1.165) is 0 Å². The summed E-state index contributed by atoms with van der Waals surface area (Å²) in [5.41, 5.74) is 4.67. The zero-order valence-corrected chi connectivity index (χ0v) is 3.28. The summed E-state index contributed by atoms with van der Waals surface area (Å²) in [6.45, 7) is 1.69. The van der Waals surface area contributed by atoms with E-state index in [1.165, 1.54) is 0 Å². The first-order chi connectivity index (χ1) is 1.91. The SMILES string of the molecule is CC#CN.N. The molecule has 0 aliphatic carbocycles. The van der Waals surface area contributed by atoms with Crippen LogP contribution in [0, 0.1) is 12.0 Å². The lowest BCUT2D eigenvalue weighted by Crippen LogP contribution is -1.72. The average Bonchev–Trinajstić information content (AvgIpc) is 1.37. The first-order valence-electron chi connectivity index (χ1n) is 1.04. The molecule has 0 saturated carbocycles. The predicted octanol–water partition coefficient (Wildman–Crippen LogP) is 0.0879. The lowest BCUT2D eigenvalue weighted by atomic mass is 10.8. The summed E-state index contributed by atoms with van der Waals surface area (Å²) in [5.74, 6) is 2.46. The van der Waals surface area contributed by atoms with Crippen molar-refractivity contribution in [2.45, 2.75) is 6.92 Å². The molecule has 0 heterocycles. The van der Waals surface area contributed by atoms with Gasteiger partial charge in [0.25, 0.3) is 0 Å². The van der Waals surface area contributed by atoms with Crippen molar-refractivity contribution in [3.05, 3.63) is 0 Å². The molecule has 0 aromatic carbocycles. The van der Waals surface area contributed by atoms with E-state index in [1.54, 1.807) is 6.92 Å². The van der Waals surface area contributed by atoms with Crippen LogP contribution in [0.3, 0.4) is 0 Å². The summed E-state index contributed by atoms with van der Waals surface area (Å²) in [6.07, 6.45) is 0. The minimum absolute atomic E-state index is 0. The third-order valence-corrected chi connectivity index (χ3v) is 0.144. The fourth-order valence-electron chi connectivity index (χ4n) is 0. The summed E-state index contributed by atoms with van der Waals surface area (Å²) in [7, 11) is 0. The number of nitrogens with two attached hydrogens (primary N) is 1. The van der Waals surface area contributed by atoms with Crippen LogP contribution in [0.2, 0.25) is 0 Å². The fraction of sp³-hybridized carbons (Fsp3) is 0.333. The Labute approximate surface area is 31.9 Å². The smallest absolute Gasteiger partial charge is 0.00118 e. The molecule has 0 saturated heterocycles. The molecular weight excluding hydrogens is 64.0 g/mol. The molecule has 2 heteroatoms. The maximum Gasteiger partial charge on any atom is 0.00118 e. The van der Waals surface area contributed by atoms with Gasteiger partial charge in [0.2, 0.25) is 0 Å². The van der Waals surface area contributed by atoms with Crippen LogP contribution < -0.4 is 11.9 Å². The topological polar surface area (TPSA) is 61.0 Å². The second kappa shape index (κ2) is 10.3. The normalized spacial score (nSPS) is 2.60. The van der Waals surface area contributed by atoms with Gasteiger partial charge in [-0.2, -0.15) is 0 Å². The predicted molar refractivity (Wildman–Crippen MR) is 22.7 cm³/mol. The highest BCUT2D eigenvalue weighted by molar-refractivity contribution is 4.87.